The zero-order valence-electron chi connectivity index (χ0n) is 12.3. The predicted molar refractivity (Wildman–Crippen MR) is 84.8 cm³/mol. The second kappa shape index (κ2) is 5.73. The summed E-state index contributed by atoms with van der Waals surface area (Å²) in [5, 5.41) is 10.8. The maximum Gasteiger partial charge on any atom is 0.342 e. The van der Waals surface area contributed by atoms with Gasteiger partial charge in [0.25, 0.3) is 5.56 Å². The number of benzene rings is 1. The quantitative estimate of drug-likeness (QED) is 0.787. The lowest BCUT2D eigenvalue weighted by Gasteiger charge is -2.09. The zero-order chi connectivity index (χ0) is 16.6. The van der Waals surface area contributed by atoms with Crippen LogP contribution in [-0.4, -0.2) is 34.7 Å². The summed E-state index contributed by atoms with van der Waals surface area (Å²) >= 11 is 1.25. The van der Waals surface area contributed by atoms with Crippen molar-refractivity contribution in [2.75, 3.05) is 14.2 Å². The van der Waals surface area contributed by atoms with Crippen LogP contribution in [0.4, 0.5) is 0 Å². The van der Waals surface area contributed by atoms with Gasteiger partial charge in [0.05, 0.1) is 26.1 Å². The van der Waals surface area contributed by atoms with Gasteiger partial charge in [-0.2, -0.15) is 0 Å². The monoisotopic (exact) mass is 332 g/mol. The largest absolute Gasteiger partial charge is 0.493 e. The van der Waals surface area contributed by atoms with E-state index in [1.165, 1.54) is 30.0 Å². The van der Waals surface area contributed by atoms with Crippen molar-refractivity contribution in [1.82, 2.24) is 9.38 Å². The summed E-state index contributed by atoms with van der Waals surface area (Å²) in [5.41, 5.74) is 0.253. The second-order valence-corrected chi connectivity index (χ2v) is 5.43. The molecule has 0 aliphatic rings. The normalized spacial score (nSPS) is 10.7. The van der Waals surface area contributed by atoms with Crippen LogP contribution in [0.1, 0.15) is 10.4 Å². The van der Waals surface area contributed by atoms with Crippen LogP contribution < -0.4 is 15.0 Å². The van der Waals surface area contributed by atoms with E-state index in [0.29, 0.717) is 27.7 Å². The van der Waals surface area contributed by atoms with E-state index in [1.54, 1.807) is 23.6 Å². The van der Waals surface area contributed by atoms with E-state index >= 15 is 0 Å². The molecule has 1 aromatic carbocycles. The van der Waals surface area contributed by atoms with Crippen LogP contribution in [-0.2, 0) is 0 Å². The Morgan fingerprint density at radius 1 is 1.26 bits per heavy atom. The van der Waals surface area contributed by atoms with Crippen LogP contribution in [0.5, 0.6) is 11.5 Å². The van der Waals surface area contributed by atoms with Crippen LogP contribution >= 0.6 is 11.3 Å². The highest BCUT2D eigenvalue weighted by Crippen LogP contribution is 2.33. The summed E-state index contributed by atoms with van der Waals surface area (Å²) < 4.78 is 11.7. The van der Waals surface area contributed by atoms with Crippen LogP contribution in [0.2, 0.25) is 0 Å². The minimum Gasteiger partial charge on any atom is -0.493 e. The van der Waals surface area contributed by atoms with E-state index in [9.17, 15) is 9.59 Å². The van der Waals surface area contributed by atoms with Gasteiger partial charge in [0.2, 0.25) is 0 Å². The van der Waals surface area contributed by atoms with Crippen molar-refractivity contribution in [2.45, 2.75) is 0 Å². The van der Waals surface area contributed by atoms with Crippen LogP contribution in [0.3, 0.4) is 0 Å². The minimum atomic E-state index is -1.30. The van der Waals surface area contributed by atoms with Crippen molar-refractivity contribution in [3.05, 3.63) is 45.7 Å². The number of rotatable bonds is 4. The first-order chi connectivity index (χ1) is 11.1. The smallest absolute Gasteiger partial charge is 0.342 e. The summed E-state index contributed by atoms with van der Waals surface area (Å²) in [6, 6.07) is 5.21. The van der Waals surface area contributed by atoms with E-state index in [1.807, 2.05) is 0 Å². The Hall–Kier alpha value is -2.87. The van der Waals surface area contributed by atoms with Gasteiger partial charge in [-0.15, -0.1) is 11.3 Å². The molecule has 2 heterocycles. The maximum absolute atomic E-state index is 12.4. The van der Waals surface area contributed by atoms with Crippen LogP contribution in [0.15, 0.2) is 34.6 Å². The molecule has 0 aliphatic carbocycles. The molecule has 1 N–H and O–H groups in total. The van der Waals surface area contributed by atoms with Gasteiger partial charge in [0.1, 0.15) is 5.56 Å². The number of carboxylic acid groups (broad SMARTS) is 1. The van der Waals surface area contributed by atoms with Gasteiger partial charge in [-0.05, 0) is 18.2 Å². The molecule has 0 aliphatic heterocycles. The second-order valence-electron chi connectivity index (χ2n) is 4.59. The number of methoxy groups -OCH3 is 2. The lowest BCUT2D eigenvalue weighted by molar-refractivity contribution is 0.0694. The predicted octanol–water partition coefficient (Wildman–Crippen LogP) is 2.14. The number of carbonyl (C=O) groups is 1. The fourth-order valence-electron chi connectivity index (χ4n) is 2.24. The molecule has 118 valence electrons. The Morgan fingerprint density at radius 2 is 2.00 bits per heavy atom. The average molecular weight is 332 g/mol. The number of aromatic nitrogens is 2. The first-order valence-corrected chi connectivity index (χ1v) is 7.39. The molecule has 8 heteroatoms. The molecule has 7 nitrogen and oxygen atoms in total. The van der Waals surface area contributed by atoms with E-state index in [2.05, 4.69) is 4.98 Å². The van der Waals surface area contributed by atoms with Crippen molar-refractivity contribution in [1.29, 1.82) is 0 Å². The molecule has 0 saturated heterocycles. The molecule has 0 saturated carbocycles. The van der Waals surface area contributed by atoms with Crippen molar-refractivity contribution < 1.29 is 19.4 Å². The van der Waals surface area contributed by atoms with Crippen molar-refractivity contribution in [2.24, 2.45) is 0 Å². The van der Waals surface area contributed by atoms with Gasteiger partial charge in [-0.3, -0.25) is 9.20 Å². The standard InChI is InChI=1S/C15H12N2O5S/c1-21-11-4-3-8(5-12(11)22-2)10-7-23-15-16-6-9(14(19)20)13(18)17(10)15/h3-7H,1-2H3,(H,19,20). The lowest BCUT2D eigenvalue weighted by Crippen LogP contribution is -2.22. The highest BCUT2D eigenvalue weighted by atomic mass is 32.1. The molecule has 3 aromatic rings. The Bertz CT molecular complexity index is 960. The number of fused-ring (bicyclic) bond motifs is 1. The number of nitrogens with zero attached hydrogens (tertiary/aromatic N) is 2. The molecule has 0 amide bonds. The van der Waals surface area contributed by atoms with E-state index in [4.69, 9.17) is 14.6 Å². The summed E-state index contributed by atoms with van der Waals surface area (Å²) in [4.78, 5) is 28.0. The molecule has 0 radical (unpaired) electrons. The molecular weight excluding hydrogens is 320 g/mol. The van der Waals surface area contributed by atoms with Gasteiger partial charge < -0.3 is 14.6 Å². The topological polar surface area (TPSA) is 90.1 Å². The van der Waals surface area contributed by atoms with Gasteiger partial charge in [0.15, 0.2) is 16.5 Å². The van der Waals surface area contributed by atoms with Crippen molar-refractivity contribution in [3.63, 3.8) is 0 Å². The minimum absolute atomic E-state index is 0.373. The first-order valence-electron chi connectivity index (χ1n) is 6.51. The third-order valence-corrected chi connectivity index (χ3v) is 4.20. The van der Waals surface area contributed by atoms with E-state index in [-0.39, 0.29) is 5.56 Å². The molecule has 0 bridgehead atoms. The molecule has 0 unspecified atom stereocenters. The van der Waals surface area contributed by atoms with Gasteiger partial charge in [-0.25, -0.2) is 9.78 Å². The fourth-order valence-corrected chi connectivity index (χ4v) is 3.09. The van der Waals surface area contributed by atoms with Crippen molar-refractivity contribution >= 4 is 22.3 Å². The zero-order valence-corrected chi connectivity index (χ0v) is 13.1. The summed E-state index contributed by atoms with van der Waals surface area (Å²) in [6.07, 6.45) is 1.08. The third-order valence-electron chi connectivity index (χ3n) is 3.36. The first kappa shape index (κ1) is 15.0. The van der Waals surface area contributed by atoms with E-state index in [0.717, 1.165) is 6.20 Å². The Morgan fingerprint density at radius 3 is 2.65 bits per heavy atom. The van der Waals surface area contributed by atoms with Crippen LogP contribution in [0, 0.1) is 0 Å². The maximum atomic E-state index is 12.4. The molecule has 2 aromatic heterocycles. The van der Waals surface area contributed by atoms with E-state index < -0.39 is 11.5 Å². The number of hydrogen-bond donors (Lipinski definition) is 1. The molecule has 23 heavy (non-hydrogen) atoms. The molecular formula is C15H12N2O5S. The lowest BCUT2D eigenvalue weighted by atomic mass is 10.1. The number of aromatic carboxylic acids is 1. The Kier molecular flexibility index (Phi) is 3.75. The average Bonchev–Trinajstić information content (AvgIpc) is 2.99. The summed E-state index contributed by atoms with van der Waals surface area (Å²) in [5.74, 6) is -0.228. The van der Waals surface area contributed by atoms with Gasteiger partial charge >= 0.3 is 5.97 Å². The number of ether oxygens (including phenoxy) is 2. The fraction of sp³-hybridized carbons (Fsp3) is 0.133. The van der Waals surface area contributed by atoms with Crippen molar-refractivity contribution in [3.8, 4) is 22.8 Å². The highest BCUT2D eigenvalue weighted by molar-refractivity contribution is 7.15. The summed E-state index contributed by atoms with van der Waals surface area (Å²) in [7, 11) is 3.05. The van der Waals surface area contributed by atoms with Crippen LogP contribution in [0.25, 0.3) is 16.2 Å². The Balaban J connectivity index is 2.27. The highest BCUT2D eigenvalue weighted by Gasteiger charge is 2.17. The molecule has 0 atom stereocenters. The third kappa shape index (κ3) is 2.42. The Labute approximate surface area is 134 Å². The number of hydrogen-bond acceptors (Lipinski definition) is 6. The summed E-state index contributed by atoms with van der Waals surface area (Å²) in [6.45, 7) is 0. The number of thiazole rings is 1. The molecule has 0 fully saturated rings. The number of carboxylic acids is 1. The van der Waals surface area contributed by atoms with Gasteiger partial charge in [-0.1, -0.05) is 0 Å². The molecule has 3 rings (SSSR count). The SMILES string of the molecule is COc1ccc(-c2csc3ncc(C(=O)O)c(=O)n23)cc1OC. The van der Waals surface area contributed by atoms with Gasteiger partial charge in [0, 0.05) is 10.9 Å². The molecule has 0 spiro atoms.